The van der Waals surface area contributed by atoms with Gasteiger partial charge in [-0.3, -0.25) is 10.4 Å². The summed E-state index contributed by atoms with van der Waals surface area (Å²) in [6, 6.07) is 12.0. The number of benzene rings is 2. The Balaban J connectivity index is 1.71. The summed E-state index contributed by atoms with van der Waals surface area (Å²) in [5.41, 5.74) is 1.38. The van der Waals surface area contributed by atoms with Crippen molar-refractivity contribution in [3.05, 3.63) is 47.5 Å². The van der Waals surface area contributed by atoms with Crippen LogP contribution in [0.3, 0.4) is 0 Å². The van der Waals surface area contributed by atoms with Crippen molar-refractivity contribution in [1.29, 1.82) is 0 Å². The quantitative estimate of drug-likeness (QED) is 0.586. The number of ether oxygens (including phenoxy) is 1. The number of aromatic nitrogens is 2. The predicted octanol–water partition coefficient (Wildman–Crippen LogP) is 4.65. The summed E-state index contributed by atoms with van der Waals surface area (Å²) in [6.45, 7) is 2.30. The van der Waals surface area contributed by atoms with Crippen molar-refractivity contribution < 1.29 is 9.53 Å². The molecule has 0 unspecified atom stereocenters. The lowest BCUT2D eigenvalue weighted by Gasteiger charge is -2.07. The number of urea groups is 1. The lowest BCUT2D eigenvalue weighted by atomic mass is 10.2. The lowest BCUT2D eigenvalue weighted by Crippen LogP contribution is -2.19. The minimum atomic E-state index is -0.416. The van der Waals surface area contributed by atoms with Crippen LogP contribution < -0.4 is 15.4 Å². The van der Waals surface area contributed by atoms with Crippen LogP contribution in [0.5, 0.6) is 5.75 Å². The molecule has 0 atom stereocenters. The number of hydrogen-bond acceptors (Lipinski definition) is 3. The van der Waals surface area contributed by atoms with E-state index in [9.17, 15) is 4.79 Å². The number of nitrogens with one attached hydrogen (secondary N) is 3. The van der Waals surface area contributed by atoms with Crippen LogP contribution in [-0.4, -0.2) is 22.8 Å². The highest BCUT2D eigenvalue weighted by Gasteiger charge is 2.11. The van der Waals surface area contributed by atoms with Gasteiger partial charge in [0.25, 0.3) is 0 Å². The average molecular weight is 369 g/mol. The molecule has 0 spiro atoms. The molecule has 6 nitrogen and oxygen atoms in total. The number of carbonyl (C=O) groups is 1. The van der Waals surface area contributed by atoms with Crippen molar-refractivity contribution >= 4 is 40.0 Å². The summed E-state index contributed by atoms with van der Waals surface area (Å²) in [7, 11) is 0. The molecule has 0 aliphatic rings. The van der Waals surface area contributed by atoms with Crippen LogP contribution in [0, 0.1) is 11.8 Å². The zero-order chi connectivity index (χ0) is 18.4. The van der Waals surface area contributed by atoms with E-state index in [4.69, 9.17) is 16.3 Å². The molecule has 2 aromatic carbocycles. The summed E-state index contributed by atoms with van der Waals surface area (Å²) in [5.74, 6) is 6.93. The number of hydrogen-bond donors (Lipinski definition) is 3. The zero-order valence-corrected chi connectivity index (χ0v) is 14.9. The summed E-state index contributed by atoms with van der Waals surface area (Å²) in [4.78, 5) is 12.2. The normalized spacial score (nSPS) is 10.1. The Morgan fingerprint density at radius 1 is 1.23 bits per heavy atom. The minimum absolute atomic E-state index is 0.315. The zero-order valence-electron chi connectivity index (χ0n) is 14.1. The Hall–Kier alpha value is -3.17. The number of nitrogens with zero attached hydrogens (tertiary/aromatic N) is 1. The summed E-state index contributed by atoms with van der Waals surface area (Å²) in [5, 5.41) is 13.7. The molecular weight excluding hydrogens is 352 g/mol. The number of anilines is 2. The van der Waals surface area contributed by atoms with Crippen molar-refractivity contribution in [3.63, 3.8) is 0 Å². The van der Waals surface area contributed by atoms with Gasteiger partial charge in [0.05, 0.1) is 5.52 Å². The highest BCUT2D eigenvalue weighted by Crippen LogP contribution is 2.25. The number of rotatable bonds is 4. The SMILES string of the molecule is CCC#CCOc1ccc2[nH]nc(NC(=O)Nc3cccc(Cl)c3)c2c1. The first kappa shape index (κ1) is 17.6. The molecule has 0 saturated carbocycles. The van der Waals surface area contributed by atoms with E-state index in [0.717, 1.165) is 17.3 Å². The Morgan fingerprint density at radius 2 is 2.12 bits per heavy atom. The van der Waals surface area contributed by atoms with Gasteiger partial charge in [-0.2, -0.15) is 5.10 Å². The maximum atomic E-state index is 12.2. The second kappa shape index (κ2) is 8.28. The largest absolute Gasteiger partial charge is 0.481 e. The summed E-state index contributed by atoms with van der Waals surface area (Å²) in [6.07, 6.45) is 0.792. The third kappa shape index (κ3) is 4.47. The standard InChI is InChI=1S/C19H17ClN4O2/c1-2-3-4-10-26-15-8-9-17-16(12-15)18(24-23-17)22-19(25)21-14-7-5-6-13(20)11-14/h5-9,11-12H,2,10H2,1H3,(H3,21,22,23,24,25). The highest BCUT2D eigenvalue weighted by atomic mass is 35.5. The number of H-pyrrole nitrogens is 1. The van der Waals surface area contributed by atoms with Gasteiger partial charge in [0.15, 0.2) is 5.82 Å². The summed E-state index contributed by atoms with van der Waals surface area (Å²) >= 11 is 5.92. The molecule has 3 aromatic rings. The molecule has 26 heavy (non-hydrogen) atoms. The van der Waals surface area contributed by atoms with Gasteiger partial charge in [-0.1, -0.05) is 30.5 Å². The van der Waals surface area contributed by atoms with Crippen molar-refractivity contribution in [2.45, 2.75) is 13.3 Å². The Morgan fingerprint density at radius 3 is 2.92 bits per heavy atom. The fourth-order valence-corrected chi connectivity index (χ4v) is 2.50. The van der Waals surface area contributed by atoms with Crippen molar-refractivity contribution in [2.24, 2.45) is 0 Å². The molecule has 1 heterocycles. The molecule has 0 aliphatic heterocycles. The first-order valence-electron chi connectivity index (χ1n) is 8.06. The maximum absolute atomic E-state index is 12.2. The van der Waals surface area contributed by atoms with E-state index in [0.29, 0.717) is 28.9 Å². The minimum Gasteiger partial charge on any atom is -0.481 e. The van der Waals surface area contributed by atoms with Gasteiger partial charge in [-0.15, -0.1) is 5.92 Å². The van der Waals surface area contributed by atoms with Crippen molar-refractivity contribution in [1.82, 2.24) is 10.2 Å². The van der Waals surface area contributed by atoms with E-state index in [-0.39, 0.29) is 0 Å². The lowest BCUT2D eigenvalue weighted by molar-refractivity contribution is 0.262. The first-order valence-corrected chi connectivity index (χ1v) is 8.43. The fourth-order valence-electron chi connectivity index (χ4n) is 2.31. The van der Waals surface area contributed by atoms with E-state index < -0.39 is 6.03 Å². The topological polar surface area (TPSA) is 79.0 Å². The van der Waals surface area contributed by atoms with Crippen LogP contribution >= 0.6 is 11.6 Å². The van der Waals surface area contributed by atoms with Gasteiger partial charge in [0.1, 0.15) is 12.4 Å². The predicted molar refractivity (Wildman–Crippen MR) is 104 cm³/mol. The average Bonchev–Trinajstić information content (AvgIpc) is 3.01. The van der Waals surface area contributed by atoms with Crippen LogP contribution in [-0.2, 0) is 0 Å². The molecule has 2 amide bonds. The fraction of sp³-hybridized carbons (Fsp3) is 0.158. The van der Waals surface area contributed by atoms with Gasteiger partial charge in [0, 0.05) is 22.5 Å². The third-order valence-electron chi connectivity index (χ3n) is 3.46. The van der Waals surface area contributed by atoms with E-state index in [1.807, 2.05) is 25.1 Å². The number of fused-ring (bicyclic) bond motifs is 1. The van der Waals surface area contributed by atoms with Gasteiger partial charge in [-0.05, 0) is 36.4 Å². The van der Waals surface area contributed by atoms with Crippen LogP contribution in [0.1, 0.15) is 13.3 Å². The van der Waals surface area contributed by atoms with E-state index in [1.54, 1.807) is 24.3 Å². The van der Waals surface area contributed by atoms with Crippen LogP contribution in [0.4, 0.5) is 16.3 Å². The first-order chi connectivity index (χ1) is 12.7. The molecule has 0 aliphatic carbocycles. The number of carbonyl (C=O) groups excluding carboxylic acids is 1. The maximum Gasteiger partial charge on any atom is 0.324 e. The molecule has 0 radical (unpaired) electrons. The van der Waals surface area contributed by atoms with Gasteiger partial charge < -0.3 is 10.1 Å². The van der Waals surface area contributed by atoms with E-state index >= 15 is 0 Å². The number of aromatic amines is 1. The Labute approximate surface area is 155 Å². The smallest absolute Gasteiger partial charge is 0.324 e. The molecule has 7 heteroatoms. The van der Waals surface area contributed by atoms with Crippen LogP contribution in [0.2, 0.25) is 5.02 Å². The van der Waals surface area contributed by atoms with Crippen molar-refractivity contribution in [3.8, 4) is 17.6 Å². The number of amides is 2. The molecule has 3 N–H and O–H groups in total. The van der Waals surface area contributed by atoms with Crippen LogP contribution in [0.15, 0.2) is 42.5 Å². The van der Waals surface area contributed by atoms with Crippen molar-refractivity contribution in [2.75, 3.05) is 17.2 Å². The molecule has 0 saturated heterocycles. The molecule has 1 aromatic heterocycles. The Bertz CT molecular complexity index is 988. The third-order valence-corrected chi connectivity index (χ3v) is 3.70. The van der Waals surface area contributed by atoms with Crippen LogP contribution in [0.25, 0.3) is 10.9 Å². The second-order valence-corrected chi connectivity index (χ2v) is 5.80. The molecule has 0 bridgehead atoms. The summed E-state index contributed by atoms with van der Waals surface area (Å²) < 4.78 is 5.60. The number of halogens is 1. The van der Waals surface area contributed by atoms with E-state index in [1.165, 1.54) is 0 Å². The monoisotopic (exact) mass is 368 g/mol. The van der Waals surface area contributed by atoms with Gasteiger partial charge in [-0.25, -0.2) is 4.79 Å². The second-order valence-electron chi connectivity index (χ2n) is 5.36. The molecule has 132 valence electrons. The highest BCUT2D eigenvalue weighted by molar-refractivity contribution is 6.30. The molecule has 0 fully saturated rings. The molecule has 3 rings (SSSR count). The molecular formula is C19H17ClN4O2. The van der Waals surface area contributed by atoms with Gasteiger partial charge in [0.2, 0.25) is 0 Å². The Kier molecular flexibility index (Phi) is 5.62. The van der Waals surface area contributed by atoms with Gasteiger partial charge >= 0.3 is 6.03 Å². The van der Waals surface area contributed by atoms with E-state index in [2.05, 4.69) is 32.7 Å².